The van der Waals surface area contributed by atoms with Crippen molar-refractivity contribution >= 4 is 28.6 Å². The SMILES string of the molecule is Cc1cc(C)c(Nc2cc(OCCc3ccccc3)c(N)c3c2C(=O)c2ccccc2C3=O)c(C)c1. The number of nitrogen functional groups attached to an aromatic ring is 1. The van der Waals surface area contributed by atoms with E-state index in [0.717, 1.165) is 27.9 Å². The maximum Gasteiger partial charge on any atom is 0.196 e. The number of carbonyl (C=O) groups excluding carboxylic acids is 2. The number of nitrogens with two attached hydrogens (primary N) is 1. The highest BCUT2D eigenvalue weighted by molar-refractivity contribution is 6.32. The van der Waals surface area contributed by atoms with Gasteiger partial charge in [0.25, 0.3) is 0 Å². The fraction of sp³-hybridized carbons (Fsp3) is 0.161. The lowest BCUT2D eigenvalue weighted by molar-refractivity contribution is 0.0980. The van der Waals surface area contributed by atoms with Gasteiger partial charge < -0.3 is 15.8 Å². The van der Waals surface area contributed by atoms with Crippen LogP contribution in [0.2, 0.25) is 0 Å². The number of aryl methyl sites for hydroxylation is 3. The van der Waals surface area contributed by atoms with Crippen molar-refractivity contribution in [1.82, 2.24) is 0 Å². The Hall–Kier alpha value is -4.38. The van der Waals surface area contributed by atoms with Gasteiger partial charge >= 0.3 is 0 Å². The van der Waals surface area contributed by atoms with Gasteiger partial charge in [-0.2, -0.15) is 0 Å². The van der Waals surface area contributed by atoms with Crippen LogP contribution in [0.5, 0.6) is 5.75 Å². The zero-order valence-electron chi connectivity index (χ0n) is 20.6. The summed E-state index contributed by atoms with van der Waals surface area (Å²) in [5.41, 5.74) is 13.7. The zero-order valence-corrected chi connectivity index (χ0v) is 20.6. The molecule has 180 valence electrons. The zero-order chi connectivity index (χ0) is 25.4. The van der Waals surface area contributed by atoms with E-state index in [0.29, 0.717) is 35.6 Å². The molecule has 5 nitrogen and oxygen atoms in total. The second-order valence-corrected chi connectivity index (χ2v) is 9.27. The molecule has 0 aliphatic heterocycles. The Morgan fingerprint density at radius 3 is 2.00 bits per heavy atom. The molecule has 1 aliphatic rings. The van der Waals surface area contributed by atoms with E-state index in [1.165, 1.54) is 0 Å². The van der Waals surface area contributed by atoms with Gasteiger partial charge in [-0.05, 0) is 37.5 Å². The fourth-order valence-electron chi connectivity index (χ4n) is 4.95. The van der Waals surface area contributed by atoms with E-state index in [9.17, 15) is 9.59 Å². The molecule has 3 N–H and O–H groups in total. The molecule has 4 aromatic carbocycles. The van der Waals surface area contributed by atoms with E-state index in [4.69, 9.17) is 10.5 Å². The third-order valence-electron chi connectivity index (χ3n) is 6.63. The molecule has 0 aromatic heterocycles. The van der Waals surface area contributed by atoms with E-state index in [-0.39, 0.29) is 28.4 Å². The summed E-state index contributed by atoms with van der Waals surface area (Å²) >= 11 is 0. The van der Waals surface area contributed by atoms with Gasteiger partial charge in [-0.25, -0.2) is 0 Å². The highest BCUT2D eigenvalue weighted by atomic mass is 16.5. The third kappa shape index (κ3) is 4.13. The summed E-state index contributed by atoms with van der Waals surface area (Å²) in [4.78, 5) is 27.3. The van der Waals surface area contributed by atoms with E-state index >= 15 is 0 Å². The molecule has 0 radical (unpaired) electrons. The van der Waals surface area contributed by atoms with Crippen LogP contribution in [0.4, 0.5) is 17.1 Å². The number of anilines is 3. The summed E-state index contributed by atoms with van der Waals surface area (Å²) < 4.78 is 6.11. The Balaban J connectivity index is 1.61. The summed E-state index contributed by atoms with van der Waals surface area (Å²) in [7, 11) is 0. The average molecular weight is 477 g/mol. The molecule has 0 atom stereocenters. The molecular formula is C31H28N2O3. The lowest BCUT2D eigenvalue weighted by Gasteiger charge is -2.25. The molecule has 0 bridgehead atoms. The predicted octanol–water partition coefficient (Wildman–Crippen LogP) is 6.33. The normalized spacial score (nSPS) is 12.2. The Kier molecular flexibility index (Phi) is 6.06. The van der Waals surface area contributed by atoms with Crippen molar-refractivity contribution in [2.45, 2.75) is 27.2 Å². The van der Waals surface area contributed by atoms with Gasteiger partial charge in [-0.1, -0.05) is 72.3 Å². The quantitative estimate of drug-likeness (QED) is 0.280. The van der Waals surface area contributed by atoms with Gasteiger partial charge in [0, 0.05) is 29.3 Å². The maximum atomic E-state index is 13.7. The Morgan fingerprint density at radius 1 is 0.778 bits per heavy atom. The smallest absolute Gasteiger partial charge is 0.196 e. The fourth-order valence-corrected chi connectivity index (χ4v) is 4.95. The highest BCUT2D eigenvalue weighted by Gasteiger charge is 2.35. The number of nitrogens with one attached hydrogen (secondary N) is 1. The average Bonchev–Trinajstić information content (AvgIpc) is 2.86. The van der Waals surface area contributed by atoms with Crippen molar-refractivity contribution in [3.63, 3.8) is 0 Å². The monoisotopic (exact) mass is 476 g/mol. The molecule has 0 saturated carbocycles. The summed E-state index contributed by atoms with van der Waals surface area (Å²) in [6.07, 6.45) is 0.687. The van der Waals surface area contributed by atoms with Gasteiger partial charge in [-0.15, -0.1) is 0 Å². The molecule has 0 saturated heterocycles. The number of hydrogen-bond donors (Lipinski definition) is 2. The first kappa shape index (κ1) is 23.4. The lowest BCUT2D eigenvalue weighted by Crippen LogP contribution is -2.24. The van der Waals surface area contributed by atoms with Crippen molar-refractivity contribution in [3.8, 4) is 5.75 Å². The number of rotatable bonds is 6. The number of carbonyl (C=O) groups is 2. The van der Waals surface area contributed by atoms with Gasteiger partial charge in [0.15, 0.2) is 11.6 Å². The topological polar surface area (TPSA) is 81.4 Å². The lowest BCUT2D eigenvalue weighted by atomic mass is 9.82. The Bertz CT molecular complexity index is 1480. The van der Waals surface area contributed by atoms with Crippen LogP contribution in [0.3, 0.4) is 0 Å². The molecule has 5 rings (SSSR count). The van der Waals surface area contributed by atoms with E-state index in [1.54, 1.807) is 30.3 Å². The second-order valence-electron chi connectivity index (χ2n) is 9.27. The van der Waals surface area contributed by atoms with E-state index in [2.05, 4.69) is 17.4 Å². The highest BCUT2D eigenvalue weighted by Crippen LogP contribution is 2.42. The van der Waals surface area contributed by atoms with Crippen LogP contribution in [0.25, 0.3) is 0 Å². The molecule has 4 aromatic rings. The van der Waals surface area contributed by atoms with Crippen molar-refractivity contribution in [3.05, 3.63) is 117 Å². The molecular weight excluding hydrogens is 448 g/mol. The van der Waals surface area contributed by atoms with Gasteiger partial charge in [0.1, 0.15) is 5.75 Å². The molecule has 1 aliphatic carbocycles. The van der Waals surface area contributed by atoms with Crippen LogP contribution in [0.1, 0.15) is 54.1 Å². The van der Waals surface area contributed by atoms with Crippen LogP contribution in [0.15, 0.2) is 72.8 Å². The standard InChI is InChI=1S/C31H28N2O3/c1-18-15-19(2)29(20(3)16-18)33-24-17-25(36-14-13-21-9-5-4-6-10-21)28(32)27-26(24)30(34)22-11-7-8-12-23(22)31(27)35/h4-12,15-17,33H,13-14,32H2,1-3H3. The number of fused-ring (bicyclic) bond motifs is 2. The molecule has 0 fully saturated rings. The van der Waals surface area contributed by atoms with Gasteiger partial charge in [0.05, 0.1) is 29.1 Å². The maximum absolute atomic E-state index is 13.7. The molecule has 0 unspecified atom stereocenters. The first-order chi connectivity index (χ1) is 17.3. The minimum Gasteiger partial charge on any atom is -0.491 e. The first-order valence-corrected chi connectivity index (χ1v) is 12.0. The van der Waals surface area contributed by atoms with Crippen molar-refractivity contribution in [1.29, 1.82) is 0 Å². The third-order valence-corrected chi connectivity index (χ3v) is 6.63. The van der Waals surface area contributed by atoms with Crippen LogP contribution < -0.4 is 15.8 Å². The van der Waals surface area contributed by atoms with Crippen molar-refractivity contribution in [2.75, 3.05) is 17.7 Å². The number of hydrogen-bond acceptors (Lipinski definition) is 5. The summed E-state index contributed by atoms with van der Waals surface area (Å²) in [5.74, 6) is -0.116. The Morgan fingerprint density at radius 2 is 1.36 bits per heavy atom. The van der Waals surface area contributed by atoms with Gasteiger partial charge in [0.2, 0.25) is 0 Å². The minimum absolute atomic E-state index is 0.189. The summed E-state index contributed by atoms with van der Waals surface area (Å²) in [5, 5.41) is 3.44. The molecule has 36 heavy (non-hydrogen) atoms. The summed E-state index contributed by atoms with van der Waals surface area (Å²) in [6.45, 7) is 6.47. The van der Waals surface area contributed by atoms with Crippen molar-refractivity contribution < 1.29 is 14.3 Å². The predicted molar refractivity (Wildman–Crippen MR) is 144 cm³/mol. The number of ketones is 2. The first-order valence-electron chi connectivity index (χ1n) is 12.0. The minimum atomic E-state index is -0.272. The number of benzene rings is 4. The Labute approximate surface area is 210 Å². The van der Waals surface area contributed by atoms with Gasteiger partial charge in [-0.3, -0.25) is 9.59 Å². The number of ether oxygens (including phenoxy) is 1. The van der Waals surface area contributed by atoms with Crippen molar-refractivity contribution in [2.24, 2.45) is 0 Å². The van der Waals surface area contributed by atoms with Crippen LogP contribution in [-0.2, 0) is 6.42 Å². The summed E-state index contributed by atoms with van der Waals surface area (Å²) in [6, 6.07) is 22.8. The second kappa shape index (κ2) is 9.34. The van der Waals surface area contributed by atoms with Crippen LogP contribution in [0, 0.1) is 20.8 Å². The van der Waals surface area contributed by atoms with Crippen LogP contribution >= 0.6 is 0 Å². The van der Waals surface area contributed by atoms with E-state index < -0.39 is 0 Å². The van der Waals surface area contributed by atoms with E-state index in [1.807, 2.05) is 51.1 Å². The molecule has 0 heterocycles. The molecule has 5 heteroatoms. The molecule has 0 amide bonds. The largest absolute Gasteiger partial charge is 0.491 e. The molecule has 0 spiro atoms. The van der Waals surface area contributed by atoms with Crippen LogP contribution in [-0.4, -0.2) is 18.2 Å².